The van der Waals surface area contributed by atoms with E-state index < -0.39 is 0 Å². The van der Waals surface area contributed by atoms with Crippen molar-refractivity contribution in [3.05, 3.63) is 53.1 Å². The monoisotopic (exact) mass is 327 g/mol. The fourth-order valence-electron chi connectivity index (χ4n) is 3.27. The number of carbonyl (C=O) groups is 1. The summed E-state index contributed by atoms with van der Waals surface area (Å²) in [6, 6.07) is 11.3. The number of phenols is 1. The number of nitrogens with zero attached hydrogens (tertiary/aromatic N) is 1. The molecule has 126 valence electrons. The minimum atomic E-state index is -0.0510. The molecule has 0 aliphatic carbocycles. The largest absolute Gasteiger partial charge is 0.504 e. The first kappa shape index (κ1) is 16.2. The van der Waals surface area contributed by atoms with E-state index in [1.54, 1.807) is 19.2 Å². The second kappa shape index (κ2) is 6.83. The average molecular weight is 327 g/mol. The van der Waals surface area contributed by atoms with E-state index in [4.69, 9.17) is 9.47 Å². The SMILES string of the molecule is COc1ccc2c(c1)CCN(C=O)[C@@H]2Cc1ccc(OC)c(O)c1. The van der Waals surface area contributed by atoms with Crippen molar-refractivity contribution in [1.82, 2.24) is 4.90 Å². The lowest BCUT2D eigenvalue weighted by molar-refractivity contribution is -0.120. The Hall–Kier alpha value is -2.69. The van der Waals surface area contributed by atoms with E-state index in [-0.39, 0.29) is 11.8 Å². The van der Waals surface area contributed by atoms with Gasteiger partial charge < -0.3 is 19.5 Å². The second-order valence-corrected chi connectivity index (χ2v) is 5.88. The maximum atomic E-state index is 11.5. The summed E-state index contributed by atoms with van der Waals surface area (Å²) in [5.41, 5.74) is 3.29. The molecule has 0 fully saturated rings. The summed E-state index contributed by atoms with van der Waals surface area (Å²) in [6.45, 7) is 0.677. The number of hydrogen-bond donors (Lipinski definition) is 1. The Morgan fingerprint density at radius 1 is 1.21 bits per heavy atom. The topological polar surface area (TPSA) is 59.0 Å². The van der Waals surface area contributed by atoms with E-state index in [9.17, 15) is 9.90 Å². The fraction of sp³-hybridized carbons (Fsp3) is 0.316. The Balaban J connectivity index is 1.93. The summed E-state index contributed by atoms with van der Waals surface area (Å²) in [5.74, 6) is 1.38. The van der Waals surface area contributed by atoms with Crippen LogP contribution in [0.1, 0.15) is 22.7 Å². The minimum absolute atomic E-state index is 0.0510. The van der Waals surface area contributed by atoms with E-state index in [2.05, 4.69) is 0 Å². The third-order valence-electron chi connectivity index (χ3n) is 4.56. The minimum Gasteiger partial charge on any atom is -0.504 e. The molecule has 1 aliphatic rings. The molecule has 1 heterocycles. The molecular formula is C19H21NO4. The van der Waals surface area contributed by atoms with Crippen molar-refractivity contribution in [2.75, 3.05) is 20.8 Å². The molecule has 5 nitrogen and oxygen atoms in total. The van der Waals surface area contributed by atoms with Crippen molar-refractivity contribution in [3.8, 4) is 17.2 Å². The van der Waals surface area contributed by atoms with Crippen molar-refractivity contribution < 1.29 is 19.4 Å². The molecule has 24 heavy (non-hydrogen) atoms. The molecule has 1 N–H and O–H groups in total. The van der Waals surface area contributed by atoms with Gasteiger partial charge in [0.15, 0.2) is 11.5 Å². The van der Waals surface area contributed by atoms with Crippen molar-refractivity contribution in [1.29, 1.82) is 0 Å². The molecule has 0 aromatic heterocycles. The van der Waals surface area contributed by atoms with Gasteiger partial charge >= 0.3 is 0 Å². The number of aromatic hydroxyl groups is 1. The summed E-state index contributed by atoms with van der Waals surface area (Å²) in [6.07, 6.45) is 2.35. The highest BCUT2D eigenvalue weighted by Crippen LogP contribution is 2.35. The van der Waals surface area contributed by atoms with Gasteiger partial charge in [-0.2, -0.15) is 0 Å². The summed E-state index contributed by atoms with van der Waals surface area (Å²) in [4.78, 5) is 13.3. The summed E-state index contributed by atoms with van der Waals surface area (Å²) < 4.78 is 10.4. The van der Waals surface area contributed by atoms with Gasteiger partial charge in [-0.3, -0.25) is 4.79 Å². The van der Waals surface area contributed by atoms with Gasteiger partial charge in [-0.1, -0.05) is 12.1 Å². The van der Waals surface area contributed by atoms with Crippen molar-refractivity contribution in [2.24, 2.45) is 0 Å². The van der Waals surface area contributed by atoms with Crippen molar-refractivity contribution in [2.45, 2.75) is 18.9 Å². The Labute approximate surface area is 141 Å². The third-order valence-corrected chi connectivity index (χ3v) is 4.56. The first-order valence-electron chi connectivity index (χ1n) is 7.90. The van der Waals surface area contributed by atoms with E-state index in [1.165, 1.54) is 12.7 Å². The smallest absolute Gasteiger partial charge is 0.210 e. The predicted octanol–water partition coefficient (Wildman–Crippen LogP) is 2.71. The highest BCUT2D eigenvalue weighted by atomic mass is 16.5. The van der Waals surface area contributed by atoms with Crippen LogP contribution in [0.5, 0.6) is 17.2 Å². The van der Waals surface area contributed by atoms with Crippen LogP contribution < -0.4 is 9.47 Å². The van der Waals surface area contributed by atoms with Gasteiger partial charge in [0.2, 0.25) is 6.41 Å². The lowest BCUT2D eigenvalue weighted by atomic mass is 9.89. The van der Waals surface area contributed by atoms with Crippen LogP contribution in [0.3, 0.4) is 0 Å². The van der Waals surface area contributed by atoms with Gasteiger partial charge in [0, 0.05) is 6.54 Å². The number of hydrogen-bond acceptors (Lipinski definition) is 4. The predicted molar refractivity (Wildman–Crippen MR) is 90.6 cm³/mol. The second-order valence-electron chi connectivity index (χ2n) is 5.88. The van der Waals surface area contributed by atoms with E-state index >= 15 is 0 Å². The number of benzene rings is 2. The number of amides is 1. The lowest BCUT2D eigenvalue weighted by Gasteiger charge is -2.35. The van der Waals surface area contributed by atoms with Gasteiger partial charge in [0.1, 0.15) is 5.75 Å². The molecule has 0 bridgehead atoms. The van der Waals surface area contributed by atoms with Crippen LogP contribution in [0.25, 0.3) is 0 Å². The number of phenolic OH excluding ortho intramolecular Hbond substituents is 1. The van der Waals surface area contributed by atoms with Crippen LogP contribution >= 0.6 is 0 Å². The number of carbonyl (C=O) groups excluding carboxylic acids is 1. The zero-order valence-corrected chi connectivity index (χ0v) is 13.9. The van der Waals surface area contributed by atoms with Crippen molar-refractivity contribution in [3.63, 3.8) is 0 Å². The molecule has 2 aromatic rings. The molecule has 3 rings (SSSR count). The van der Waals surface area contributed by atoms with Gasteiger partial charge in [0.05, 0.1) is 20.3 Å². The van der Waals surface area contributed by atoms with E-state index in [1.807, 2.05) is 29.2 Å². The Morgan fingerprint density at radius 3 is 2.71 bits per heavy atom. The molecule has 0 saturated carbocycles. The van der Waals surface area contributed by atoms with E-state index in [0.717, 1.165) is 29.7 Å². The molecule has 1 atom stereocenters. The molecule has 0 unspecified atom stereocenters. The highest BCUT2D eigenvalue weighted by Gasteiger charge is 2.27. The number of rotatable bonds is 5. The molecular weight excluding hydrogens is 306 g/mol. The average Bonchev–Trinajstić information content (AvgIpc) is 2.61. The lowest BCUT2D eigenvalue weighted by Crippen LogP contribution is -2.35. The van der Waals surface area contributed by atoms with Crippen LogP contribution in [0.2, 0.25) is 0 Å². The summed E-state index contributed by atoms with van der Waals surface area (Å²) in [7, 11) is 3.17. The highest BCUT2D eigenvalue weighted by molar-refractivity contribution is 5.53. The Bertz CT molecular complexity index is 744. The third kappa shape index (κ3) is 3.02. The van der Waals surface area contributed by atoms with Crippen LogP contribution in [0.15, 0.2) is 36.4 Å². The molecule has 5 heteroatoms. The molecule has 0 saturated heterocycles. The summed E-state index contributed by atoms with van der Waals surface area (Å²) in [5, 5.41) is 9.98. The van der Waals surface area contributed by atoms with Gasteiger partial charge in [-0.15, -0.1) is 0 Å². The molecule has 0 spiro atoms. The zero-order chi connectivity index (χ0) is 17.1. The van der Waals surface area contributed by atoms with Crippen molar-refractivity contribution >= 4 is 6.41 Å². The first-order chi connectivity index (χ1) is 11.7. The van der Waals surface area contributed by atoms with Gasteiger partial charge in [-0.25, -0.2) is 0 Å². The molecule has 0 radical (unpaired) electrons. The number of ether oxygens (including phenoxy) is 2. The Morgan fingerprint density at radius 2 is 2.04 bits per heavy atom. The van der Waals surface area contributed by atoms with Gasteiger partial charge in [0.25, 0.3) is 0 Å². The fourth-order valence-corrected chi connectivity index (χ4v) is 3.27. The number of methoxy groups -OCH3 is 2. The summed E-state index contributed by atoms with van der Waals surface area (Å²) >= 11 is 0. The maximum absolute atomic E-state index is 11.5. The van der Waals surface area contributed by atoms with Crippen LogP contribution in [-0.4, -0.2) is 37.2 Å². The molecule has 1 amide bonds. The van der Waals surface area contributed by atoms with E-state index in [0.29, 0.717) is 18.7 Å². The van der Waals surface area contributed by atoms with Crippen LogP contribution in [0, 0.1) is 0 Å². The molecule has 1 aliphatic heterocycles. The van der Waals surface area contributed by atoms with Gasteiger partial charge in [-0.05, 0) is 53.8 Å². The normalized spacial score (nSPS) is 16.4. The quantitative estimate of drug-likeness (QED) is 0.858. The standard InChI is InChI=1S/C19H21NO4/c1-23-15-4-5-16-14(11-15)7-8-20(12-21)17(16)9-13-3-6-19(24-2)18(22)10-13/h3-6,10-12,17,22H,7-9H2,1-2H3/t17-/m1/s1. The molecule has 2 aromatic carbocycles. The zero-order valence-electron chi connectivity index (χ0n) is 13.9. The van der Waals surface area contributed by atoms with Crippen LogP contribution in [0.4, 0.5) is 0 Å². The van der Waals surface area contributed by atoms with Crippen LogP contribution in [-0.2, 0) is 17.6 Å². The maximum Gasteiger partial charge on any atom is 0.210 e. The number of fused-ring (bicyclic) bond motifs is 1. The Kier molecular flexibility index (Phi) is 4.60. The first-order valence-corrected chi connectivity index (χ1v) is 7.90.